The van der Waals surface area contributed by atoms with Crippen LogP contribution in [0.1, 0.15) is 11.1 Å². The first-order valence-corrected chi connectivity index (χ1v) is 8.37. The average molecular weight is 331 g/mol. The molecule has 3 aromatic carbocycles. The number of hydrogen-bond acceptors (Lipinski definition) is 2. The Morgan fingerprint density at radius 2 is 1.32 bits per heavy atom. The molecule has 0 saturated heterocycles. The van der Waals surface area contributed by atoms with Crippen molar-refractivity contribution in [3.8, 4) is 11.1 Å². The molecule has 3 aromatic rings. The number of nitrogens with one attached hydrogen (secondary N) is 1. The van der Waals surface area contributed by atoms with Gasteiger partial charge in [0.1, 0.15) is 6.04 Å². The van der Waals surface area contributed by atoms with Crippen molar-refractivity contribution in [2.75, 3.05) is 0 Å². The molecule has 0 aliphatic rings. The second-order valence-corrected chi connectivity index (χ2v) is 6.02. The average Bonchev–Trinajstić information content (AvgIpc) is 2.67. The molecule has 25 heavy (non-hydrogen) atoms. The van der Waals surface area contributed by atoms with Gasteiger partial charge in [-0.25, -0.2) is 0 Å². The predicted molar refractivity (Wildman–Crippen MR) is 100 cm³/mol. The summed E-state index contributed by atoms with van der Waals surface area (Å²) in [5.41, 5.74) is 4.38. The second kappa shape index (κ2) is 8.27. The monoisotopic (exact) mass is 331 g/mol. The van der Waals surface area contributed by atoms with Crippen LogP contribution < -0.4 is 5.32 Å². The van der Waals surface area contributed by atoms with E-state index in [2.05, 4.69) is 17.4 Å². The van der Waals surface area contributed by atoms with Crippen molar-refractivity contribution >= 4 is 5.97 Å². The summed E-state index contributed by atoms with van der Waals surface area (Å²) in [7, 11) is 0. The van der Waals surface area contributed by atoms with Crippen LogP contribution in [0.15, 0.2) is 84.9 Å². The summed E-state index contributed by atoms with van der Waals surface area (Å²) in [6.45, 7) is 0.542. The van der Waals surface area contributed by atoms with Gasteiger partial charge in [0.05, 0.1) is 0 Å². The molecule has 0 spiro atoms. The second-order valence-electron chi connectivity index (χ2n) is 6.02. The number of rotatable bonds is 7. The van der Waals surface area contributed by atoms with Crippen molar-refractivity contribution in [1.29, 1.82) is 0 Å². The Labute approximate surface area is 148 Å². The maximum atomic E-state index is 11.6. The van der Waals surface area contributed by atoms with Gasteiger partial charge < -0.3 is 10.4 Å². The van der Waals surface area contributed by atoms with Crippen LogP contribution in [0.5, 0.6) is 0 Å². The first kappa shape index (κ1) is 16.9. The van der Waals surface area contributed by atoms with E-state index in [0.717, 1.165) is 22.3 Å². The fraction of sp³-hybridized carbons (Fsp3) is 0.136. The van der Waals surface area contributed by atoms with E-state index < -0.39 is 12.0 Å². The maximum absolute atomic E-state index is 11.6. The van der Waals surface area contributed by atoms with Crippen LogP contribution in [0.4, 0.5) is 0 Å². The molecule has 0 fully saturated rings. The smallest absolute Gasteiger partial charge is 0.321 e. The highest BCUT2D eigenvalue weighted by Crippen LogP contribution is 2.19. The molecule has 126 valence electrons. The van der Waals surface area contributed by atoms with Gasteiger partial charge in [-0.2, -0.15) is 0 Å². The highest BCUT2D eigenvalue weighted by atomic mass is 16.4. The molecule has 0 aliphatic heterocycles. The number of carbonyl (C=O) groups is 1. The maximum Gasteiger partial charge on any atom is 0.321 e. The quantitative estimate of drug-likeness (QED) is 0.684. The first-order chi connectivity index (χ1) is 12.2. The van der Waals surface area contributed by atoms with Crippen LogP contribution in [-0.2, 0) is 17.8 Å². The summed E-state index contributed by atoms with van der Waals surface area (Å²) in [6, 6.07) is 27.5. The summed E-state index contributed by atoms with van der Waals surface area (Å²) >= 11 is 0. The number of benzene rings is 3. The van der Waals surface area contributed by atoms with Crippen molar-refractivity contribution in [2.24, 2.45) is 0 Å². The summed E-state index contributed by atoms with van der Waals surface area (Å²) < 4.78 is 0. The van der Waals surface area contributed by atoms with Gasteiger partial charge in [-0.3, -0.25) is 4.79 Å². The van der Waals surface area contributed by atoms with Crippen LogP contribution in [0.3, 0.4) is 0 Å². The first-order valence-electron chi connectivity index (χ1n) is 8.37. The van der Waals surface area contributed by atoms with Gasteiger partial charge in [0.2, 0.25) is 0 Å². The lowest BCUT2D eigenvalue weighted by Gasteiger charge is -2.15. The highest BCUT2D eigenvalue weighted by Gasteiger charge is 2.17. The Hall–Kier alpha value is -2.91. The largest absolute Gasteiger partial charge is 0.480 e. The van der Waals surface area contributed by atoms with Crippen molar-refractivity contribution in [3.05, 3.63) is 96.1 Å². The zero-order valence-corrected chi connectivity index (χ0v) is 13.9. The van der Waals surface area contributed by atoms with Gasteiger partial charge in [0.15, 0.2) is 0 Å². The van der Waals surface area contributed by atoms with Crippen molar-refractivity contribution in [3.63, 3.8) is 0 Å². The van der Waals surface area contributed by atoms with Gasteiger partial charge in [-0.15, -0.1) is 0 Å². The van der Waals surface area contributed by atoms with E-state index in [1.807, 2.05) is 72.8 Å². The van der Waals surface area contributed by atoms with E-state index >= 15 is 0 Å². The molecule has 0 bridgehead atoms. The lowest BCUT2D eigenvalue weighted by molar-refractivity contribution is -0.139. The van der Waals surface area contributed by atoms with Crippen LogP contribution >= 0.6 is 0 Å². The summed E-state index contributed by atoms with van der Waals surface area (Å²) in [5.74, 6) is -0.830. The topological polar surface area (TPSA) is 49.3 Å². The van der Waals surface area contributed by atoms with E-state index in [1.54, 1.807) is 0 Å². The summed E-state index contributed by atoms with van der Waals surface area (Å²) in [4.78, 5) is 11.6. The molecule has 0 aromatic heterocycles. The number of carboxylic acid groups (broad SMARTS) is 1. The normalized spacial score (nSPS) is 11.8. The van der Waals surface area contributed by atoms with E-state index in [4.69, 9.17) is 0 Å². The van der Waals surface area contributed by atoms with Crippen LogP contribution in [0.2, 0.25) is 0 Å². The number of aliphatic carboxylic acids is 1. The molecule has 3 heteroatoms. The molecule has 0 unspecified atom stereocenters. The fourth-order valence-corrected chi connectivity index (χ4v) is 2.78. The lowest BCUT2D eigenvalue weighted by atomic mass is 10.0. The molecule has 2 N–H and O–H groups in total. The zero-order chi connectivity index (χ0) is 17.5. The number of hydrogen-bond donors (Lipinski definition) is 2. The Balaban J connectivity index is 1.65. The molecule has 0 aliphatic carbocycles. The Bertz CT molecular complexity index is 798. The van der Waals surface area contributed by atoms with Crippen molar-refractivity contribution in [2.45, 2.75) is 19.0 Å². The molecule has 0 amide bonds. The standard InChI is InChI=1S/C22H21NO2/c24-22(25)21(23-16-18-7-3-1-4-8-18)15-17-11-13-20(14-12-17)19-9-5-2-6-10-19/h1-14,21,23H,15-16H2,(H,24,25)/t21-/m1/s1. The number of carboxylic acids is 1. The van der Waals surface area contributed by atoms with Crippen LogP contribution in [-0.4, -0.2) is 17.1 Å². The third-order valence-electron chi connectivity index (χ3n) is 4.19. The van der Waals surface area contributed by atoms with Crippen molar-refractivity contribution in [1.82, 2.24) is 5.32 Å². The van der Waals surface area contributed by atoms with E-state index in [1.165, 1.54) is 0 Å². The molecule has 0 radical (unpaired) electrons. The van der Waals surface area contributed by atoms with Gasteiger partial charge in [-0.1, -0.05) is 84.9 Å². The van der Waals surface area contributed by atoms with Gasteiger partial charge in [0.25, 0.3) is 0 Å². The predicted octanol–water partition coefficient (Wildman–Crippen LogP) is 4.14. The van der Waals surface area contributed by atoms with E-state index in [9.17, 15) is 9.90 Å². The molecule has 0 saturated carbocycles. The fourth-order valence-electron chi connectivity index (χ4n) is 2.78. The van der Waals surface area contributed by atoms with Crippen molar-refractivity contribution < 1.29 is 9.90 Å². The highest BCUT2D eigenvalue weighted by molar-refractivity contribution is 5.74. The van der Waals surface area contributed by atoms with Gasteiger partial charge in [0, 0.05) is 6.54 Å². The molecular weight excluding hydrogens is 310 g/mol. The minimum atomic E-state index is -0.830. The molecular formula is C22H21NO2. The van der Waals surface area contributed by atoms with Gasteiger partial charge >= 0.3 is 5.97 Å². The third kappa shape index (κ3) is 4.78. The zero-order valence-electron chi connectivity index (χ0n) is 13.9. The molecule has 1 atom stereocenters. The Morgan fingerprint density at radius 3 is 1.92 bits per heavy atom. The van der Waals surface area contributed by atoms with Crippen LogP contribution in [0.25, 0.3) is 11.1 Å². The van der Waals surface area contributed by atoms with E-state index in [0.29, 0.717) is 13.0 Å². The summed E-state index contributed by atoms with van der Waals surface area (Å²) in [5, 5.41) is 12.6. The summed E-state index contributed by atoms with van der Waals surface area (Å²) in [6.07, 6.45) is 0.456. The Kier molecular flexibility index (Phi) is 5.60. The lowest BCUT2D eigenvalue weighted by Crippen LogP contribution is -2.38. The minimum Gasteiger partial charge on any atom is -0.480 e. The SMILES string of the molecule is O=C(O)[C@@H](Cc1ccc(-c2ccccc2)cc1)NCc1ccccc1. The third-order valence-corrected chi connectivity index (χ3v) is 4.19. The molecule has 3 nitrogen and oxygen atoms in total. The molecule has 3 rings (SSSR count). The van der Waals surface area contributed by atoms with Gasteiger partial charge in [-0.05, 0) is 28.7 Å². The Morgan fingerprint density at radius 1 is 0.760 bits per heavy atom. The van der Waals surface area contributed by atoms with Crippen LogP contribution in [0, 0.1) is 0 Å². The van der Waals surface area contributed by atoms with E-state index in [-0.39, 0.29) is 0 Å². The molecule has 0 heterocycles. The minimum absolute atomic E-state index is 0.456.